The molecule has 0 bridgehead atoms. The SMILES string of the molecule is CCn1ccnc1CC(=O)c1ccncc1. The number of ketones is 1. The Labute approximate surface area is 94.0 Å². The Balaban J connectivity index is 2.14. The van der Waals surface area contributed by atoms with Gasteiger partial charge in [-0.1, -0.05) is 0 Å². The molecule has 0 aliphatic rings. The average Bonchev–Trinajstić information content (AvgIpc) is 2.77. The molecule has 0 aromatic carbocycles. The lowest BCUT2D eigenvalue weighted by Crippen LogP contribution is -2.09. The Morgan fingerprint density at radius 3 is 2.75 bits per heavy atom. The summed E-state index contributed by atoms with van der Waals surface area (Å²) >= 11 is 0. The van der Waals surface area contributed by atoms with Crippen LogP contribution >= 0.6 is 0 Å². The van der Waals surface area contributed by atoms with Crippen molar-refractivity contribution in [3.8, 4) is 0 Å². The first-order chi connectivity index (χ1) is 7.81. The van der Waals surface area contributed by atoms with Crippen LogP contribution < -0.4 is 0 Å². The van der Waals surface area contributed by atoms with Gasteiger partial charge in [0.15, 0.2) is 5.78 Å². The van der Waals surface area contributed by atoms with Crippen LogP contribution in [-0.2, 0) is 13.0 Å². The minimum absolute atomic E-state index is 0.0725. The number of imidazole rings is 1. The molecule has 0 atom stereocenters. The molecular formula is C12H13N3O. The lowest BCUT2D eigenvalue weighted by molar-refractivity contribution is 0.0989. The zero-order valence-corrected chi connectivity index (χ0v) is 9.13. The molecule has 0 fully saturated rings. The third-order valence-corrected chi connectivity index (χ3v) is 2.46. The molecular weight excluding hydrogens is 202 g/mol. The summed E-state index contributed by atoms with van der Waals surface area (Å²) in [6.45, 7) is 2.86. The first kappa shape index (κ1) is 10.5. The maximum atomic E-state index is 11.9. The molecule has 0 saturated heterocycles. The second-order valence-corrected chi connectivity index (χ2v) is 3.47. The van der Waals surface area contributed by atoms with Crippen molar-refractivity contribution in [2.75, 3.05) is 0 Å². The average molecular weight is 215 g/mol. The van der Waals surface area contributed by atoms with Crippen LogP contribution in [0.3, 0.4) is 0 Å². The van der Waals surface area contributed by atoms with Gasteiger partial charge in [-0.2, -0.15) is 0 Å². The highest BCUT2D eigenvalue weighted by molar-refractivity contribution is 5.96. The molecule has 0 aliphatic heterocycles. The first-order valence-electron chi connectivity index (χ1n) is 5.24. The quantitative estimate of drug-likeness (QED) is 0.730. The summed E-state index contributed by atoms with van der Waals surface area (Å²) in [6.07, 6.45) is 7.19. The van der Waals surface area contributed by atoms with Crippen LogP contribution in [-0.4, -0.2) is 20.3 Å². The van der Waals surface area contributed by atoms with Crippen LogP contribution in [0, 0.1) is 0 Å². The van der Waals surface area contributed by atoms with Crippen LogP contribution in [0.4, 0.5) is 0 Å². The van der Waals surface area contributed by atoms with Crippen molar-refractivity contribution in [2.24, 2.45) is 0 Å². The molecule has 0 saturated carbocycles. The molecule has 4 nitrogen and oxygen atoms in total. The Morgan fingerprint density at radius 1 is 1.31 bits per heavy atom. The number of Topliss-reactive ketones (excluding diaryl/α,β-unsaturated/α-hetero) is 1. The Hall–Kier alpha value is -1.97. The van der Waals surface area contributed by atoms with E-state index in [4.69, 9.17) is 0 Å². The third kappa shape index (κ3) is 2.16. The predicted octanol–water partition coefficient (Wildman–Crippen LogP) is 1.72. The van der Waals surface area contributed by atoms with Crippen molar-refractivity contribution in [1.82, 2.24) is 14.5 Å². The lowest BCUT2D eigenvalue weighted by atomic mass is 10.1. The van der Waals surface area contributed by atoms with Gasteiger partial charge in [-0.05, 0) is 19.1 Å². The molecule has 0 N–H and O–H groups in total. The van der Waals surface area contributed by atoms with Gasteiger partial charge in [-0.15, -0.1) is 0 Å². The van der Waals surface area contributed by atoms with Crippen LogP contribution in [0.25, 0.3) is 0 Å². The molecule has 0 radical (unpaired) electrons. The molecule has 2 aromatic heterocycles. The second-order valence-electron chi connectivity index (χ2n) is 3.47. The molecule has 2 heterocycles. The summed E-state index contributed by atoms with van der Waals surface area (Å²) in [5.41, 5.74) is 0.681. The van der Waals surface area contributed by atoms with Gasteiger partial charge in [0.25, 0.3) is 0 Å². The fourth-order valence-electron chi connectivity index (χ4n) is 1.58. The third-order valence-electron chi connectivity index (χ3n) is 2.46. The number of carbonyl (C=O) groups excluding carboxylic acids is 1. The number of hydrogen-bond donors (Lipinski definition) is 0. The van der Waals surface area contributed by atoms with E-state index < -0.39 is 0 Å². The number of aromatic nitrogens is 3. The number of aryl methyl sites for hydroxylation is 1. The molecule has 0 spiro atoms. The molecule has 16 heavy (non-hydrogen) atoms. The van der Waals surface area contributed by atoms with Crippen molar-refractivity contribution in [2.45, 2.75) is 19.9 Å². The van der Waals surface area contributed by atoms with E-state index >= 15 is 0 Å². The van der Waals surface area contributed by atoms with Crippen molar-refractivity contribution in [3.05, 3.63) is 48.3 Å². The highest BCUT2D eigenvalue weighted by atomic mass is 16.1. The fourth-order valence-corrected chi connectivity index (χ4v) is 1.58. The molecule has 0 unspecified atom stereocenters. The standard InChI is InChI=1S/C12H13N3O/c1-2-15-8-7-14-12(15)9-11(16)10-3-5-13-6-4-10/h3-8H,2,9H2,1H3. The van der Waals surface area contributed by atoms with Crippen molar-refractivity contribution in [1.29, 1.82) is 0 Å². The Kier molecular flexibility index (Phi) is 3.10. The zero-order chi connectivity index (χ0) is 11.4. The van der Waals surface area contributed by atoms with E-state index in [2.05, 4.69) is 9.97 Å². The molecule has 0 aliphatic carbocycles. The monoisotopic (exact) mass is 215 g/mol. The van der Waals surface area contributed by atoms with E-state index in [1.54, 1.807) is 30.7 Å². The number of nitrogens with zero attached hydrogens (tertiary/aromatic N) is 3. The van der Waals surface area contributed by atoms with Crippen LogP contribution in [0.1, 0.15) is 23.1 Å². The molecule has 4 heteroatoms. The maximum Gasteiger partial charge on any atom is 0.170 e. The predicted molar refractivity (Wildman–Crippen MR) is 60.2 cm³/mol. The Bertz CT molecular complexity index is 476. The van der Waals surface area contributed by atoms with Gasteiger partial charge < -0.3 is 4.57 Å². The number of rotatable bonds is 4. The van der Waals surface area contributed by atoms with E-state index in [9.17, 15) is 4.79 Å². The lowest BCUT2D eigenvalue weighted by Gasteiger charge is -2.03. The highest BCUT2D eigenvalue weighted by Gasteiger charge is 2.10. The van der Waals surface area contributed by atoms with Gasteiger partial charge in [0.2, 0.25) is 0 Å². The Morgan fingerprint density at radius 2 is 2.06 bits per heavy atom. The topological polar surface area (TPSA) is 47.8 Å². The summed E-state index contributed by atoms with van der Waals surface area (Å²) in [7, 11) is 0. The number of pyridine rings is 1. The van der Waals surface area contributed by atoms with E-state index in [0.717, 1.165) is 12.4 Å². The molecule has 0 amide bonds. The first-order valence-corrected chi connectivity index (χ1v) is 5.24. The second kappa shape index (κ2) is 4.70. The van der Waals surface area contributed by atoms with Crippen molar-refractivity contribution < 1.29 is 4.79 Å². The van der Waals surface area contributed by atoms with Gasteiger partial charge in [-0.25, -0.2) is 4.98 Å². The largest absolute Gasteiger partial charge is 0.335 e. The number of carbonyl (C=O) groups is 1. The van der Waals surface area contributed by atoms with E-state index in [0.29, 0.717) is 12.0 Å². The normalized spacial score (nSPS) is 10.3. The summed E-state index contributed by atoms with van der Waals surface area (Å²) < 4.78 is 1.97. The number of hydrogen-bond acceptors (Lipinski definition) is 3. The summed E-state index contributed by atoms with van der Waals surface area (Å²) in [4.78, 5) is 20.0. The van der Waals surface area contributed by atoms with Crippen LogP contribution in [0.5, 0.6) is 0 Å². The van der Waals surface area contributed by atoms with Gasteiger partial charge in [-0.3, -0.25) is 9.78 Å². The van der Waals surface area contributed by atoms with Gasteiger partial charge in [0.1, 0.15) is 5.82 Å². The summed E-state index contributed by atoms with van der Waals surface area (Å²) in [5, 5.41) is 0. The zero-order valence-electron chi connectivity index (χ0n) is 9.13. The van der Waals surface area contributed by atoms with E-state index in [1.807, 2.05) is 17.7 Å². The highest BCUT2D eigenvalue weighted by Crippen LogP contribution is 2.05. The maximum absolute atomic E-state index is 11.9. The van der Waals surface area contributed by atoms with Crippen LogP contribution in [0.15, 0.2) is 36.9 Å². The van der Waals surface area contributed by atoms with Gasteiger partial charge in [0.05, 0.1) is 6.42 Å². The van der Waals surface area contributed by atoms with Crippen LogP contribution in [0.2, 0.25) is 0 Å². The smallest absolute Gasteiger partial charge is 0.170 e. The van der Waals surface area contributed by atoms with Crippen molar-refractivity contribution >= 4 is 5.78 Å². The van der Waals surface area contributed by atoms with E-state index in [1.165, 1.54) is 0 Å². The van der Waals surface area contributed by atoms with Gasteiger partial charge in [0, 0.05) is 36.9 Å². The van der Waals surface area contributed by atoms with Gasteiger partial charge >= 0.3 is 0 Å². The fraction of sp³-hybridized carbons (Fsp3) is 0.250. The molecule has 2 aromatic rings. The minimum Gasteiger partial charge on any atom is -0.335 e. The minimum atomic E-state index is 0.0725. The van der Waals surface area contributed by atoms with Crippen molar-refractivity contribution in [3.63, 3.8) is 0 Å². The summed E-state index contributed by atoms with van der Waals surface area (Å²) in [5.74, 6) is 0.882. The summed E-state index contributed by atoms with van der Waals surface area (Å²) in [6, 6.07) is 3.45. The molecule has 82 valence electrons. The van der Waals surface area contributed by atoms with E-state index in [-0.39, 0.29) is 5.78 Å². The molecule has 2 rings (SSSR count).